The van der Waals surface area contributed by atoms with Crippen molar-refractivity contribution in [2.75, 3.05) is 33.3 Å². The molecule has 1 aromatic carbocycles. The van der Waals surface area contributed by atoms with Gasteiger partial charge in [0.25, 0.3) is 5.91 Å². The number of methoxy groups -OCH3 is 1. The lowest BCUT2D eigenvalue weighted by Crippen LogP contribution is -2.50. The Balaban J connectivity index is 1.50. The van der Waals surface area contributed by atoms with E-state index in [1.54, 1.807) is 7.11 Å². The normalized spacial score (nSPS) is 36.7. The summed E-state index contributed by atoms with van der Waals surface area (Å²) >= 11 is 0. The third-order valence-corrected chi connectivity index (χ3v) is 9.07. The third-order valence-electron chi connectivity index (χ3n) is 9.07. The van der Waals surface area contributed by atoms with E-state index in [4.69, 9.17) is 11.2 Å². The molecule has 0 spiro atoms. The average molecular weight is 423 g/mol. The van der Waals surface area contributed by atoms with Crippen molar-refractivity contribution in [1.29, 1.82) is 0 Å². The summed E-state index contributed by atoms with van der Waals surface area (Å²) in [5.41, 5.74) is 2.17. The van der Waals surface area contributed by atoms with E-state index < -0.39 is 5.60 Å². The lowest BCUT2D eigenvalue weighted by atomic mass is 9.53. The van der Waals surface area contributed by atoms with Gasteiger partial charge in [-0.1, -0.05) is 12.8 Å². The first kappa shape index (κ1) is 20.8. The Morgan fingerprint density at radius 2 is 2.03 bits per heavy atom. The van der Waals surface area contributed by atoms with Gasteiger partial charge < -0.3 is 20.1 Å². The maximum absolute atomic E-state index is 13.3. The standard InChI is InChI=1S/C26H34N2O3/c1-4-26(30)10-8-22-19-6-5-17-15-23(31-3)21(24(29)28-13-11-27-12-14-28)16-20(17)18(19)7-9-25(22,26)2/h1,15-16,18-19,22,27,30H,5-14H2,2-3H3/t18-,19+,22-,25-,26-/m0/s1. The van der Waals surface area contributed by atoms with Crippen molar-refractivity contribution in [3.8, 4) is 18.1 Å². The molecule has 1 heterocycles. The number of fused-ring (bicyclic) bond motifs is 5. The summed E-state index contributed by atoms with van der Waals surface area (Å²) in [4.78, 5) is 15.3. The molecule has 3 fully saturated rings. The van der Waals surface area contributed by atoms with Crippen LogP contribution < -0.4 is 10.1 Å². The van der Waals surface area contributed by atoms with Crippen LogP contribution >= 0.6 is 0 Å². The Kier molecular flexibility index (Phi) is 5.07. The summed E-state index contributed by atoms with van der Waals surface area (Å²) in [6.45, 7) is 5.35. The maximum atomic E-state index is 13.3. The van der Waals surface area contributed by atoms with Crippen molar-refractivity contribution < 1.29 is 14.6 Å². The summed E-state index contributed by atoms with van der Waals surface area (Å²) in [5.74, 6) is 4.92. The fourth-order valence-corrected chi connectivity index (χ4v) is 7.23. The molecule has 0 radical (unpaired) electrons. The molecule has 2 saturated carbocycles. The first-order chi connectivity index (χ1) is 14.9. The molecule has 5 nitrogen and oxygen atoms in total. The van der Waals surface area contributed by atoms with Crippen molar-refractivity contribution in [2.45, 2.75) is 57.0 Å². The molecule has 1 aromatic rings. The van der Waals surface area contributed by atoms with E-state index in [0.717, 1.165) is 58.3 Å². The number of aryl methyl sites for hydroxylation is 1. The number of hydrogen-bond acceptors (Lipinski definition) is 4. The largest absolute Gasteiger partial charge is 0.496 e. The molecule has 0 bridgehead atoms. The highest BCUT2D eigenvalue weighted by molar-refractivity contribution is 5.97. The minimum absolute atomic E-state index is 0.0755. The van der Waals surface area contributed by atoms with Crippen LogP contribution in [0.5, 0.6) is 5.75 Å². The van der Waals surface area contributed by atoms with Gasteiger partial charge in [0.15, 0.2) is 0 Å². The highest BCUT2D eigenvalue weighted by Gasteiger charge is 2.61. The zero-order valence-electron chi connectivity index (χ0n) is 18.7. The number of ether oxygens (including phenoxy) is 1. The molecule has 2 N–H and O–H groups in total. The first-order valence-corrected chi connectivity index (χ1v) is 11.8. The molecule has 0 unspecified atom stereocenters. The Morgan fingerprint density at radius 3 is 2.74 bits per heavy atom. The molecule has 31 heavy (non-hydrogen) atoms. The van der Waals surface area contributed by atoms with Crippen LogP contribution in [0.25, 0.3) is 0 Å². The highest BCUT2D eigenvalue weighted by atomic mass is 16.5. The Hall–Kier alpha value is -2.03. The van der Waals surface area contributed by atoms with E-state index in [2.05, 4.69) is 30.3 Å². The Bertz CT molecular complexity index is 931. The van der Waals surface area contributed by atoms with E-state index in [9.17, 15) is 9.90 Å². The molecule has 1 saturated heterocycles. The van der Waals surface area contributed by atoms with Gasteiger partial charge in [0.2, 0.25) is 0 Å². The lowest BCUT2D eigenvalue weighted by Gasteiger charge is -2.52. The maximum Gasteiger partial charge on any atom is 0.257 e. The number of carbonyl (C=O) groups excluding carboxylic acids is 1. The predicted molar refractivity (Wildman–Crippen MR) is 120 cm³/mol. The van der Waals surface area contributed by atoms with E-state index >= 15 is 0 Å². The molecule has 5 heteroatoms. The van der Waals surface area contributed by atoms with E-state index in [-0.39, 0.29) is 11.3 Å². The molecule has 3 aliphatic carbocycles. The number of rotatable bonds is 2. The molecule has 1 amide bonds. The van der Waals surface area contributed by atoms with Crippen molar-refractivity contribution in [3.63, 3.8) is 0 Å². The van der Waals surface area contributed by atoms with Gasteiger partial charge in [0.05, 0.1) is 12.7 Å². The zero-order valence-corrected chi connectivity index (χ0v) is 18.7. The second kappa shape index (κ2) is 7.53. The van der Waals surface area contributed by atoms with E-state index in [0.29, 0.717) is 35.5 Å². The minimum Gasteiger partial charge on any atom is -0.496 e. The van der Waals surface area contributed by atoms with Crippen LogP contribution in [0.1, 0.15) is 66.4 Å². The summed E-state index contributed by atoms with van der Waals surface area (Å²) in [6.07, 6.45) is 11.6. The van der Waals surface area contributed by atoms with Crippen LogP contribution in [0.15, 0.2) is 12.1 Å². The quantitative estimate of drug-likeness (QED) is 0.720. The molecular formula is C26H34N2O3. The number of piperazine rings is 1. The molecule has 5 atom stereocenters. The minimum atomic E-state index is -0.980. The zero-order chi connectivity index (χ0) is 21.8. The molecule has 4 aliphatic rings. The molecule has 166 valence electrons. The van der Waals surface area contributed by atoms with Crippen LogP contribution in [0.4, 0.5) is 0 Å². The van der Waals surface area contributed by atoms with Crippen LogP contribution in [-0.4, -0.2) is 54.8 Å². The summed E-state index contributed by atoms with van der Waals surface area (Å²) in [6, 6.07) is 4.25. The number of benzene rings is 1. The fourth-order valence-electron chi connectivity index (χ4n) is 7.23. The number of amides is 1. The second-order valence-electron chi connectivity index (χ2n) is 10.2. The fraction of sp³-hybridized carbons (Fsp3) is 0.654. The van der Waals surface area contributed by atoms with Crippen molar-refractivity contribution in [2.24, 2.45) is 17.3 Å². The number of nitrogens with one attached hydrogen (secondary N) is 1. The van der Waals surface area contributed by atoms with Crippen molar-refractivity contribution >= 4 is 5.91 Å². The van der Waals surface area contributed by atoms with Gasteiger partial charge in [-0.25, -0.2) is 0 Å². The van der Waals surface area contributed by atoms with Gasteiger partial charge >= 0.3 is 0 Å². The number of carbonyl (C=O) groups is 1. The molecule has 0 aromatic heterocycles. The van der Waals surface area contributed by atoms with Gasteiger partial charge in [-0.3, -0.25) is 4.79 Å². The average Bonchev–Trinajstić information content (AvgIpc) is 3.09. The second-order valence-corrected chi connectivity index (χ2v) is 10.2. The van der Waals surface area contributed by atoms with Crippen molar-refractivity contribution in [1.82, 2.24) is 10.2 Å². The highest BCUT2D eigenvalue weighted by Crippen LogP contribution is 2.64. The summed E-state index contributed by atoms with van der Waals surface area (Å²) < 4.78 is 5.67. The van der Waals surface area contributed by atoms with E-state index in [1.807, 2.05) is 4.90 Å². The lowest BCUT2D eigenvalue weighted by molar-refractivity contribution is -0.0647. The molecular weight excluding hydrogens is 388 g/mol. The third kappa shape index (κ3) is 3.02. The predicted octanol–water partition coefficient (Wildman–Crippen LogP) is 2.96. The monoisotopic (exact) mass is 422 g/mol. The smallest absolute Gasteiger partial charge is 0.257 e. The van der Waals surface area contributed by atoms with Crippen molar-refractivity contribution in [3.05, 3.63) is 28.8 Å². The molecule has 1 aliphatic heterocycles. The van der Waals surface area contributed by atoms with Gasteiger partial charge in [-0.15, -0.1) is 6.42 Å². The van der Waals surface area contributed by atoms with Gasteiger partial charge in [0.1, 0.15) is 11.4 Å². The van der Waals surface area contributed by atoms with Crippen LogP contribution in [0.3, 0.4) is 0 Å². The summed E-state index contributed by atoms with van der Waals surface area (Å²) in [5, 5.41) is 14.5. The molecule has 5 rings (SSSR count). The SMILES string of the molecule is C#C[C@]1(O)CC[C@H]2[C@@H]3CCc4cc(OC)c(C(=O)N5CCNCC5)cc4[C@H]3CC[C@@]21C. The van der Waals surface area contributed by atoms with Gasteiger partial charge in [0, 0.05) is 31.6 Å². The number of aliphatic hydroxyl groups is 1. The van der Waals surface area contributed by atoms with Gasteiger partial charge in [-0.2, -0.15) is 0 Å². The topological polar surface area (TPSA) is 61.8 Å². The number of hydrogen-bond donors (Lipinski definition) is 2. The van der Waals surface area contributed by atoms with Gasteiger partial charge in [-0.05, 0) is 79.5 Å². The summed E-state index contributed by atoms with van der Waals surface area (Å²) in [7, 11) is 1.66. The van der Waals surface area contributed by atoms with Crippen LogP contribution in [0.2, 0.25) is 0 Å². The number of nitrogens with zero attached hydrogens (tertiary/aromatic N) is 1. The first-order valence-electron chi connectivity index (χ1n) is 11.8. The Morgan fingerprint density at radius 1 is 1.26 bits per heavy atom. The van der Waals surface area contributed by atoms with E-state index in [1.165, 1.54) is 11.1 Å². The Labute approximate surface area is 185 Å². The van der Waals surface area contributed by atoms with Crippen LogP contribution in [0, 0.1) is 29.6 Å². The van der Waals surface area contributed by atoms with Crippen LogP contribution in [-0.2, 0) is 6.42 Å². The number of terminal acetylenes is 1.